The van der Waals surface area contributed by atoms with Gasteiger partial charge in [0.15, 0.2) is 0 Å². The van der Waals surface area contributed by atoms with E-state index in [4.69, 9.17) is 5.73 Å². The van der Waals surface area contributed by atoms with Gasteiger partial charge in [0.25, 0.3) is 0 Å². The van der Waals surface area contributed by atoms with E-state index in [1.807, 2.05) is 20.8 Å². The van der Waals surface area contributed by atoms with Crippen LogP contribution in [-0.2, 0) is 0 Å². The third-order valence-corrected chi connectivity index (χ3v) is 3.11. The standard InChI is InChI=1S/C13H20FNO.ClH/c1-4-9(3)13(16)12(15)10-7-8(2)5-6-11(10)14;/h5-7,9,12-13,16H,4,15H2,1-3H3;1H/t9?,12-,13+;/m0./s1. The van der Waals surface area contributed by atoms with Crippen LogP contribution < -0.4 is 5.73 Å². The van der Waals surface area contributed by atoms with Crippen molar-refractivity contribution in [3.63, 3.8) is 0 Å². The lowest BCUT2D eigenvalue weighted by Crippen LogP contribution is -2.32. The van der Waals surface area contributed by atoms with Gasteiger partial charge in [-0.25, -0.2) is 4.39 Å². The number of nitrogens with two attached hydrogens (primary N) is 1. The number of aryl methyl sites for hydroxylation is 1. The maximum atomic E-state index is 13.6. The number of aliphatic hydroxyl groups is 1. The Bertz CT molecular complexity index is 359. The van der Waals surface area contributed by atoms with E-state index in [9.17, 15) is 9.50 Å². The Labute approximate surface area is 108 Å². The largest absolute Gasteiger partial charge is 0.391 e. The second-order valence-electron chi connectivity index (χ2n) is 4.43. The Kier molecular flexibility index (Phi) is 6.68. The van der Waals surface area contributed by atoms with Crippen molar-refractivity contribution < 1.29 is 9.50 Å². The van der Waals surface area contributed by atoms with Crippen molar-refractivity contribution in [2.75, 3.05) is 0 Å². The van der Waals surface area contributed by atoms with E-state index in [0.717, 1.165) is 12.0 Å². The van der Waals surface area contributed by atoms with Gasteiger partial charge in [0, 0.05) is 5.56 Å². The molecule has 3 N–H and O–H groups in total. The van der Waals surface area contributed by atoms with Crippen LogP contribution in [0.25, 0.3) is 0 Å². The number of aliphatic hydroxyl groups excluding tert-OH is 1. The van der Waals surface area contributed by atoms with Crippen molar-refractivity contribution in [2.24, 2.45) is 11.7 Å². The number of rotatable bonds is 4. The van der Waals surface area contributed by atoms with Gasteiger partial charge >= 0.3 is 0 Å². The molecule has 1 aromatic rings. The molecule has 3 atom stereocenters. The lowest BCUT2D eigenvalue weighted by molar-refractivity contribution is 0.0867. The first-order valence-electron chi connectivity index (χ1n) is 5.67. The second-order valence-corrected chi connectivity index (χ2v) is 4.43. The quantitative estimate of drug-likeness (QED) is 0.875. The van der Waals surface area contributed by atoms with Gasteiger partial charge in [-0.05, 0) is 18.9 Å². The smallest absolute Gasteiger partial charge is 0.128 e. The third kappa shape index (κ3) is 3.95. The highest BCUT2D eigenvalue weighted by molar-refractivity contribution is 5.85. The number of benzene rings is 1. The van der Waals surface area contributed by atoms with E-state index in [1.165, 1.54) is 6.07 Å². The molecule has 0 aromatic heterocycles. The van der Waals surface area contributed by atoms with Gasteiger partial charge in [0.05, 0.1) is 12.1 Å². The van der Waals surface area contributed by atoms with Gasteiger partial charge in [-0.1, -0.05) is 38.0 Å². The average molecular weight is 262 g/mol. The van der Waals surface area contributed by atoms with Crippen molar-refractivity contribution >= 4 is 12.4 Å². The lowest BCUT2D eigenvalue weighted by atomic mass is 9.91. The highest BCUT2D eigenvalue weighted by Gasteiger charge is 2.24. The fourth-order valence-corrected chi connectivity index (χ4v) is 1.70. The van der Waals surface area contributed by atoms with Gasteiger partial charge in [-0.3, -0.25) is 0 Å². The molecular formula is C13H21ClFNO. The molecule has 0 aliphatic heterocycles. The third-order valence-electron chi connectivity index (χ3n) is 3.11. The summed E-state index contributed by atoms with van der Waals surface area (Å²) in [7, 11) is 0. The molecule has 0 saturated carbocycles. The summed E-state index contributed by atoms with van der Waals surface area (Å²) in [5.74, 6) is -0.282. The molecule has 0 aliphatic rings. The molecule has 1 unspecified atom stereocenters. The molecular weight excluding hydrogens is 241 g/mol. The molecule has 2 nitrogen and oxygen atoms in total. The molecule has 0 aliphatic carbocycles. The van der Waals surface area contributed by atoms with Gasteiger partial charge < -0.3 is 10.8 Å². The summed E-state index contributed by atoms with van der Waals surface area (Å²) in [5, 5.41) is 9.96. The van der Waals surface area contributed by atoms with Crippen LogP contribution in [0.3, 0.4) is 0 Å². The van der Waals surface area contributed by atoms with Gasteiger partial charge in [0.1, 0.15) is 5.82 Å². The molecule has 0 fully saturated rings. The van der Waals surface area contributed by atoms with Crippen LogP contribution in [0.5, 0.6) is 0 Å². The first-order valence-corrected chi connectivity index (χ1v) is 5.67. The normalized spacial score (nSPS) is 15.9. The summed E-state index contributed by atoms with van der Waals surface area (Å²) >= 11 is 0. The Balaban J connectivity index is 0.00000256. The minimum Gasteiger partial charge on any atom is -0.391 e. The van der Waals surface area contributed by atoms with Gasteiger partial charge in [-0.2, -0.15) is 0 Å². The van der Waals surface area contributed by atoms with E-state index >= 15 is 0 Å². The fourth-order valence-electron chi connectivity index (χ4n) is 1.70. The molecule has 0 saturated heterocycles. The van der Waals surface area contributed by atoms with Crippen molar-refractivity contribution in [1.29, 1.82) is 0 Å². The second kappa shape index (κ2) is 6.94. The highest BCUT2D eigenvalue weighted by Crippen LogP contribution is 2.24. The lowest BCUT2D eigenvalue weighted by Gasteiger charge is -2.24. The number of hydrogen-bond donors (Lipinski definition) is 2. The topological polar surface area (TPSA) is 46.2 Å². The summed E-state index contributed by atoms with van der Waals surface area (Å²) in [6.45, 7) is 5.77. The molecule has 98 valence electrons. The van der Waals surface area contributed by atoms with E-state index in [2.05, 4.69) is 0 Å². The van der Waals surface area contributed by atoms with Crippen molar-refractivity contribution in [2.45, 2.75) is 39.3 Å². The monoisotopic (exact) mass is 261 g/mol. The van der Waals surface area contributed by atoms with Gasteiger partial charge in [0.2, 0.25) is 0 Å². The maximum absolute atomic E-state index is 13.6. The molecule has 0 amide bonds. The summed E-state index contributed by atoms with van der Waals surface area (Å²) in [6, 6.07) is 4.13. The van der Waals surface area contributed by atoms with E-state index in [1.54, 1.807) is 12.1 Å². The minimum atomic E-state index is -0.707. The van der Waals surface area contributed by atoms with E-state index in [-0.39, 0.29) is 24.1 Å². The molecule has 0 heterocycles. The molecule has 0 spiro atoms. The van der Waals surface area contributed by atoms with Gasteiger partial charge in [-0.15, -0.1) is 12.4 Å². The number of hydrogen-bond acceptors (Lipinski definition) is 2. The van der Waals surface area contributed by atoms with Crippen molar-refractivity contribution in [3.8, 4) is 0 Å². The Morgan fingerprint density at radius 3 is 2.53 bits per heavy atom. The molecule has 1 aromatic carbocycles. The highest BCUT2D eigenvalue weighted by atomic mass is 35.5. The predicted molar refractivity (Wildman–Crippen MR) is 70.8 cm³/mol. The SMILES string of the molecule is CCC(C)[C@@H](O)[C@@H](N)c1cc(C)ccc1F.Cl. The zero-order valence-electron chi connectivity index (χ0n) is 10.5. The van der Waals surface area contributed by atoms with Crippen LogP contribution in [0.15, 0.2) is 18.2 Å². The molecule has 1 rings (SSSR count). The average Bonchev–Trinajstić information content (AvgIpc) is 2.29. The Morgan fingerprint density at radius 2 is 2.00 bits per heavy atom. The minimum absolute atomic E-state index is 0. The molecule has 0 radical (unpaired) electrons. The van der Waals surface area contributed by atoms with Crippen LogP contribution in [0.2, 0.25) is 0 Å². The van der Waals surface area contributed by atoms with Crippen LogP contribution in [0.1, 0.15) is 37.4 Å². The maximum Gasteiger partial charge on any atom is 0.128 e. The van der Waals surface area contributed by atoms with Crippen LogP contribution >= 0.6 is 12.4 Å². The summed E-state index contributed by atoms with van der Waals surface area (Å²) in [6.07, 6.45) is 0.115. The van der Waals surface area contributed by atoms with Crippen molar-refractivity contribution in [3.05, 3.63) is 35.1 Å². The Hall–Kier alpha value is -0.640. The molecule has 0 bridgehead atoms. The predicted octanol–water partition coefficient (Wildman–Crippen LogP) is 2.96. The molecule has 17 heavy (non-hydrogen) atoms. The van der Waals surface area contributed by atoms with Crippen LogP contribution in [0.4, 0.5) is 4.39 Å². The van der Waals surface area contributed by atoms with Crippen LogP contribution in [0, 0.1) is 18.7 Å². The van der Waals surface area contributed by atoms with Crippen molar-refractivity contribution in [1.82, 2.24) is 0 Å². The zero-order valence-corrected chi connectivity index (χ0v) is 11.3. The summed E-state index contributed by atoms with van der Waals surface area (Å²) in [4.78, 5) is 0. The molecule has 4 heteroatoms. The zero-order chi connectivity index (χ0) is 12.3. The van der Waals surface area contributed by atoms with Crippen LogP contribution in [-0.4, -0.2) is 11.2 Å². The first-order chi connectivity index (χ1) is 7.47. The van der Waals surface area contributed by atoms with E-state index < -0.39 is 12.1 Å². The summed E-state index contributed by atoms with van der Waals surface area (Å²) in [5.41, 5.74) is 7.24. The first kappa shape index (κ1) is 16.4. The number of halogens is 2. The fraction of sp³-hybridized carbons (Fsp3) is 0.538. The summed E-state index contributed by atoms with van der Waals surface area (Å²) < 4.78 is 13.6. The Morgan fingerprint density at radius 1 is 1.41 bits per heavy atom. The van der Waals surface area contributed by atoms with E-state index in [0.29, 0.717) is 5.56 Å².